The van der Waals surface area contributed by atoms with Crippen LogP contribution in [0.2, 0.25) is 0 Å². The molecule has 0 saturated carbocycles. The molecule has 0 unspecified atom stereocenters. The third kappa shape index (κ3) is 3.43. The fraction of sp³-hybridized carbons (Fsp3) is 0.333. The number of rotatable bonds is 6. The van der Waals surface area contributed by atoms with Crippen LogP contribution >= 0.6 is 0 Å². The number of fused-ring (bicyclic) bond motifs is 1. The number of benzene rings is 2. The van der Waals surface area contributed by atoms with Gasteiger partial charge in [-0.3, -0.25) is 0 Å². The molecule has 0 spiro atoms. The molecule has 0 saturated heterocycles. The van der Waals surface area contributed by atoms with Gasteiger partial charge in [-0.25, -0.2) is 0 Å². The maximum atomic E-state index is 5.18. The summed E-state index contributed by atoms with van der Waals surface area (Å²) in [4.78, 5) is 0. The monoisotopic (exact) mass is 282 g/mol. The molecule has 110 valence electrons. The standard InChI is InChI=1S/C18H22N2O/c1-21-13-15-5-2-4-14(10-15)11-19-12-17-7-3-6-16-8-9-20-18(16)17/h2-7,10,19-20H,8-9,11-13H2,1H3. The third-order valence-corrected chi connectivity index (χ3v) is 3.88. The maximum Gasteiger partial charge on any atom is 0.0713 e. The van der Waals surface area contributed by atoms with E-state index in [1.165, 1.54) is 27.9 Å². The number of para-hydroxylation sites is 1. The van der Waals surface area contributed by atoms with E-state index in [4.69, 9.17) is 4.74 Å². The summed E-state index contributed by atoms with van der Waals surface area (Å²) in [6.45, 7) is 3.50. The van der Waals surface area contributed by atoms with Crippen molar-refractivity contribution in [2.45, 2.75) is 26.1 Å². The number of nitrogens with one attached hydrogen (secondary N) is 2. The van der Waals surface area contributed by atoms with E-state index in [1.54, 1.807) is 7.11 Å². The molecule has 1 aliphatic rings. The van der Waals surface area contributed by atoms with E-state index < -0.39 is 0 Å². The predicted octanol–water partition coefficient (Wildman–Crippen LogP) is 3.09. The summed E-state index contributed by atoms with van der Waals surface area (Å²) in [5.74, 6) is 0. The first-order chi connectivity index (χ1) is 10.4. The Morgan fingerprint density at radius 1 is 1.10 bits per heavy atom. The number of ether oxygens (including phenoxy) is 1. The van der Waals surface area contributed by atoms with E-state index in [1.807, 2.05) is 0 Å². The van der Waals surface area contributed by atoms with Gasteiger partial charge in [0.15, 0.2) is 0 Å². The van der Waals surface area contributed by atoms with Gasteiger partial charge in [0.1, 0.15) is 0 Å². The Kier molecular flexibility index (Phi) is 4.53. The smallest absolute Gasteiger partial charge is 0.0713 e. The molecule has 0 bridgehead atoms. The van der Waals surface area contributed by atoms with Crippen LogP contribution in [0.5, 0.6) is 0 Å². The molecule has 3 heteroatoms. The first-order valence-corrected chi connectivity index (χ1v) is 7.49. The SMILES string of the molecule is COCc1cccc(CNCc2cccc3c2NCC3)c1. The molecule has 0 fully saturated rings. The summed E-state index contributed by atoms with van der Waals surface area (Å²) in [6.07, 6.45) is 1.14. The van der Waals surface area contributed by atoms with E-state index in [9.17, 15) is 0 Å². The normalized spacial score (nSPS) is 13.0. The number of anilines is 1. The molecule has 2 N–H and O–H groups in total. The minimum absolute atomic E-state index is 0.671. The summed E-state index contributed by atoms with van der Waals surface area (Å²) >= 11 is 0. The Morgan fingerprint density at radius 2 is 1.95 bits per heavy atom. The molecule has 0 amide bonds. The van der Waals surface area contributed by atoms with Crippen LogP contribution in [0, 0.1) is 0 Å². The Morgan fingerprint density at radius 3 is 2.86 bits per heavy atom. The largest absolute Gasteiger partial charge is 0.384 e. The highest BCUT2D eigenvalue weighted by Gasteiger charge is 2.12. The van der Waals surface area contributed by atoms with Crippen LogP contribution in [0.15, 0.2) is 42.5 Å². The fourth-order valence-electron chi connectivity index (χ4n) is 2.90. The third-order valence-electron chi connectivity index (χ3n) is 3.88. The lowest BCUT2D eigenvalue weighted by molar-refractivity contribution is 0.185. The van der Waals surface area contributed by atoms with E-state index in [0.717, 1.165) is 26.1 Å². The Balaban J connectivity index is 1.59. The molecule has 2 aromatic carbocycles. The van der Waals surface area contributed by atoms with Crippen molar-refractivity contribution >= 4 is 5.69 Å². The topological polar surface area (TPSA) is 33.3 Å². The van der Waals surface area contributed by atoms with Crippen LogP contribution < -0.4 is 10.6 Å². The Labute approximate surface area is 126 Å². The van der Waals surface area contributed by atoms with E-state index in [-0.39, 0.29) is 0 Å². The predicted molar refractivity (Wildman–Crippen MR) is 86.3 cm³/mol. The van der Waals surface area contributed by atoms with E-state index >= 15 is 0 Å². The van der Waals surface area contributed by atoms with Crippen molar-refractivity contribution < 1.29 is 4.74 Å². The second-order valence-electron chi connectivity index (χ2n) is 5.48. The van der Waals surface area contributed by atoms with Crippen LogP contribution in [0.4, 0.5) is 5.69 Å². The van der Waals surface area contributed by atoms with Gasteiger partial charge in [-0.05, 0) is 28.7 Å². The molecule has 1 heterocycles. The molecule has 0 aromatic heterocycles. The molecule has 21 heavy (non-hydrogen) atoms. The Hall–Kier alpha value is -1.84. The second-order valence-corrected chi connectivity index (χ2v) is 5.48. The van der Waals surface area contributed by atoms with Crippen molar-refractivity contribution in [1.82, 2.24) is 5.32 Å². The Bertz CT molecular complexity index is 610. The van der Waals surface area contributed by atoms with E-state index in [2.05, 4.69) is 53.1 Å². The van der Waals surface area contributed by atoms with Gasteiger partial charge >= 0.3 is 0 Å². The van der Waals surface area contributed by atoms with Crippen LogP contribution in [-0.4, -0.2) is 13.7 Å². The van der Waals surface area contributed by atoms with Gasteiger partial charge in [-0.1, -0.05) is 42.5 Å². The highest BCUT2D eigenvalue weighted by atomic mass is 16.5. The molecule has 0 atom stereocenters. The van der Waals surface area contributed by atoms with Gasteiger partial charge in [0.05, 0.1) is 6.61 Å². The average molecular weight is 282 g/mol. The van der Waals surface area contributed by atoms with Gasteiger partial charge in [0.2, 0.25) is 0 Å². The number of methoxy groups -OCH3 is 1. The number of hydrogen-bond acceptors (Lipinski definition) is 3. The zero-order valence-corrected chi connectivity index (χ0v) is 12.5. The lowest BCUT2D eigenvalue weighted by Gasteiger charge is -2.11. The van der Waals surface area contributed by atoms with Gasteiger partial charge in [-0.2, -0.15) is 0 Å². The van der Waals surface area contributed by atoms with Crippen LogP contribution in [-0.2, 0) is 30.9 Å². The summed E-state index contributed by atoms with van der Waals surface area (Å²) in [5, 5.41) is 7.02. The number of hydrogen-bond donors (Lipinski definition) is 2. The average Bonchev–Trinajstić information content (AvgIpc) is 2.97. The molecular formula is C18H22N2O. The lowest BCUT2D eigenvalue weighted by Crippen LogP contribution is -2.14. The summed E-state index contributed by atoms with van der Waals surface area (Å²) in [7, 11) is 1.73. The van der Waals surface area contributed by atoms with Crippen molar-refractivity contribution in [3.63, 3.8) is 0 Å². The van der Waals surface area contributed by atoms with Crippen molar-refractivity contribution in [3.05, 3.63) is 64.7 Å². The minimum atomic E-state index is 0.671. The van der Waals surface area contributed by atoms with E-state index in [0.29, 0.717) is 6.61 Å². The first-order valence-electron chi connectivity index (χ1n) is 7.49. The highest BCUT2D eigenvalue weighted by Crippen LogP contribution is 2.26. The molecule has 1 aliphatic heterocycles. The zero-order valence-electron chi connectivity index (χ0n) is 12.5. The fourth-order valence-corrected chi connectivity index (χ4v) is 2.90. The molecule has 0 radical (unpaired) electrons. The van der Waals surface area contributed by atoms with Crippen molar-refractivity contribution in [1.29, 1.82) is 0 Å². The van der Waals surface area contributed by atoms with Crippen LogP contribution in [0.25, 0.3) is 0 Å². The summed E-state index contributed by atoms with van der Waals surface area (Å²) in [5.41, 5.74) is 6.65. The molecule has 3 nitrogen and oxygen atoms in total. The van der Waals surface area contributed by atoms with Crippen molar-refractivity contribution in [3.8, 4) is 0 Å². The van der Waals surface area contributed by atoms with Crippen molar-refractivity contribution in [2.24, 2.45) is 0 Å². The van der Waals surface area contributed by atoms with Gasteiger partial charge in [0, 0.05) is 32.4 Å². The lowest BCUT2D eigenvalue weighted by atomic mass is 10.1. The quantitative estimate of drug-likeness (QED) is 0.854. The van der Waals surface area contributed by atoms with Gasteiger partial charge in [-0.15, -0.1) is 0 Å². The van der Waals surface area contributed by atoms with Crippen molar-refractivity contribution in [2.75, 3.05) is 19.0 Å². The van der Waals surface area contributed by atoms with Crippen LogP contribution in [0.3, 0.4) is 0 Å². The molecule has 2 aromatic rings. The second kappa shape index (κ2) is 6.74. The summed E-state index contributed by atoms with van der Waals surface area (Å²) < 4.78 is 5.18. The molecular weight excluding hydrogens is 260 g/mol. The highest BCUT2D eigenvalue weighted by molar-refractivity contribution is 5.61. The minimum Gasteiger partial charge on any atom is -0.384 e. The molecule has 3 rings (SSSR count). The van der Waals surface area contributed by atoms with Crippen LogP contribution in [0.1, 0.15) is 22.3 Å². The summed E-state index contributed by atoms with van der Waals surface area (Å²) in [6, 6.07) is 15.1. The van der Waals surface area contributed by atoms with Gasteiger partial charge in [0.25, 0.3) is 0 Å². The first kappa shape index (κ1) is 14.1. The van der Waals surface area contributed by atoms with Gasteiger partial charge < -0.3 is 15.4 Å². The maximum absolute atomic E-state index is 5.18. The molecule has 0 aliphatic carbocycles. The zero-order chi connectivity index (χ0) is 14.5.